The molecular weight excluding hydrogens is 402 g/mol. The fourth-order valence-electron chi connectivity index (χ4n) is 5.32. The molecule has 6 nitrogen and oxygen atoms in total. The van der Waals surface area contributed by atoms with E-state index in [2.05, 4.69) is 5.32 Å². The van der Waals surface area contributed by atoms with Crippen molar-refractivity contribution in [3.63, 3.8) is 0 Å². The van der Waals surface area contributed by atoms with Crippen molar-refractivity contribution in [3.05, 3.63) is 53.4 Å². The van der Waals surface area contributed by atoms with Gasteiger partial charge in [-0.1, -0.05) is 37.8 Å². The zero-order valence-electron chi connectivity index (χ0n) is 19.1. The van der Waals surface area contributed by atoms with Crippen molar-refractivity contribution >= 4 is 28.6 Å². The van der Waals surface area contributed by atoms with Crippen LogP contribution in [0.3, 0.4) is 0 Å². The molecule has 3 heterocycles. The second-order valence-electron chi connectivity index (χ2n) is 9.65. The molecule has 0 spiro atoms. The van der Waals surface area contributed by atoms with Crippen LogP contribution in [0.25, 0.3) is 11.1 Å². The molecule has 0 radical (unpaired) electrons. The summed E-state index contributed by atoms with van der Waals surface area (Å²) in [4.78, 5) is 29.5. The second kappa shape index (κ2) is 7.84. The Labute approximate surface area is 188 Å². The lowest BCUT2D eigenvalue weighted by Crippen LogP contribution is -2.65. The number of rotatable bonds is 3. The Bertz CT molecular complexity index is 1180. The molecule has 3 aromatic rings. The maximum atomic E-state index is 13.9. The molecule has 1 N–H and O–H groups in total. The Kier molecular flexibility index (Phi) is 5.11. The van der Waals surface area contributed by atoms with Gasteiger partial charge in [-0.2, -0.15) is 0 Å². The van der Waals surface area contributed by atoms with Gasteiger partial charge in [0.15, 0.2) is 5.58 Å². The van der Waals surface area contributed by atoms with E-state index in [4.69, 9.17) is 4.42 Å². The monoisotopic (exact) mass is 433 g/mol. The van der Waals surface area contributed by atoms with Gasteiger partial charge in [0.1, 0.15) is 11.2 Å². The van der Waals surface area contributed by atoms with E-state index in [1.54, 1.807) is 17.2 Å². The summed E-state index contributed by atoms with van der Waals surface area (Å²) in [5.41, 5.74) is 3.83. The maximum Gasteiger partial charge on any atom is 0.276 e. The number of anilines is 1. The summed E-state index contributed by atoms with van der Waals surface area (Å²) < 4.78 is 7.51. The number of amides is 2. The number of carbonyl (C=O) groups excluding carboxylic acids is 2. The quantitative estimate of drug-likeness (QED) is 0.584. The molecule has 0 saturated heterocycles. The third kappa shape index (κ3) is 3.33. The second-order valence-corrected chi connectivity index (χ2v) is 9.65. The highest BCUT2D eigenvalue weighted by Crippen LogP contribution is 2.38. The Morgan fingerprint density at radius 3 is 2.59 bits per heavy atom. The van der Waals surface area contributed by atoms with E-state index in [1.807, 2.05) is 49.6 Å². The van der Waals surface area contributed by atoms with E-state index in [0.29, 0.717) is 17.8 Å². The van der Waals surface area contributed by atoms with E-state index < -0.39 is 5.54 Å². The highest BCUT2D eigenvalue weighted by molar-refractivity contribution is 6.14. The Balaban J connectivity index is 1.61. The summed E-state index contributed by atoms with van der Waals surface area (Å²) in [7, 11) is 0. The standard InChI is InChI=1S/C26H31N3O3/c1-17-10-11-18(2)21(14-17)29-24(30)22-15-23-20(12-13-32-23)28(22)16-26(29,3)25(31)27-19-8-6-4-5-7-9-19/h10-15,19H,4-9,16H2,1-3H3,(H,27,31). The fraction of sp³-hybridized carbons (Fsp3) is 0.462. The minimum Gasteiger partial charge on any atom is -0.463 e. The molecule has 6 heteroatoms. The highest BCUT2D eigenvalue weighted by atomic mass is 16.3. The zero-order chi connectivity index (χ0) is 22.5. The average Bonchev–Trinajstić information content (AvgIpc) is 3.25. The smallest absolute Gasteiger partial charge is 0.276 e. The number of aryl methyl sites for hydroxylation is 2. The lowest BCUT2D eigenvalue weighted by Gasteiger charge is -2.45. The molecule has 168 valence electrons. The Morgan fingerprint density at radius 1 is 1.09 bits per heavy atom. The molecule has 2 aliphatic rings. The van der Waals surface area contributed by atoms with Crippen LogP contribution in [0, 0.1) is 13.8 Å². The van der Waals surface area contributed by atoms with Crippen molar-refractivity contribution in [2.24, 2.45) is 0 Å². The number of hydrogen-bond acceptors (Lipinski definition) is 3. The number of fused-ring (bicyclic) bond motifs is 3. The summed E-state index contributed by atoms with van der Waals surface area (Å²) in [5, 5.41) is 3.32. The van der Waals surface area contributed by atoms with Gasteiger partial charge in [-0.15, -0.1) is 0 Å². The van der Waals surface area contributed by atoms with E-state index in [1.165, 1.54) is 12.8 Å². The van der Waals surface area contributed by atoms with Crippen molar-refractivity contribution in [2.45, 2.75) is 77.4 Å². The van der Waals surface area contributed by atoms with E-state index in [9.17, 15) is 9.59 Å². The van der Waals surface area contributed by atoms with Gasteiger partial charge in [0, 0.05) is 23.9 Å². The van der Waals surface area contributed by atoms with Crippen LogP contribution in [0.2, 0.25) is 0 Å². The molecule has 1 atom stereocenters. The predicted octanol–water partition coefficient (Wildman–Crippen LogP) is 5.11. The van der Waals surface area contributed by atoms with Crippen LogP contribution in [0.4, 0.5) is 5.69 Å². The van der Waals surface area contributed by atoms with Gasteiger partial charge in [0.25, 0.3) is 5.91 Å². The summed E-state index contributed by atoms with van der Waals surface area (Å²) in [6.07, 6.45) is 8.35. The Hall–Kier alpha value is -3.02. The molecule has 32 heavy (non-hydrogen) atoms. The number of benzene rings is 1. The molecule has 1 aliphatic heterocycles. The first kappa shape index (κ1) is 20.9. The van der Waals surface area contributed by atoms with Crippen molar-refractivity contribution < 1.29 is 14.0 Å². The van der Waals surface area contributed by atoms with Crippen LogP contribution in [0.15, 0.2) is 41.0 Å². The lowest BCUT2D eigenvalue weighted by molar-refractivity contribution is -0.127. The summed E-state index contributed by atoms with van der Waals surface area (Å²) in [6.45, 7) is 6.28. The molecule has 2 amide bonds. The molecule has 1 unspecified atom stereocenters. The number of carbonyl (C=O) groups is 2. The summed E-state index contributed by atoms with van der Waals surface area (Å²) in [6, 6.07) is 9.87. The fourth-order valence-corrected chi connectivity index (χ4v) is 5.32. The lowest BCUT2D eigenvalue weighted by atomic mass is 9.91. The average molecular weight is 434 g/mol. The molecule has 1 fully saturated rings. The van der Waals surface area contributed by atoms with Crippen molar-refractivity contribution in [1.29, 1.82) is 0 Å². The Morgan fingerprint density at radius 2 is 1.84 bits per heavy atom. The summed E-state index contributed by atoms with van der Waals surface area (Å²) >= 11 is 0. The number of nitrogens with zero attached hydrogens (tertiary/aromatic N) is 2. The first-order valence-electron chi connectivity index (χ1n) is 11.7. The molecule has 1 aromatic carbocycles. The van der Waals surface area contributed by atoms with Gasteiger partial charge < -0.3 is 14.3 Å². The van der Waals surface area contributed by atoms with E-state index >= 15 is 0 Å². The first-order chi connectivity index (χ1) is 15.4. The number of furan rings is 1. The van der Waals surface area contributed by atoms with Crippen LogP contribution in [-0.4, -0.2) is 28.0 Å². The highest BCUT2D eigenvalue weighted by Gasteiger charge is 2.49. The molecular formula is C26H31N3O3. The van der Waals surface area contributed by atoms with Gasteiger partial charge in [-0.3, -0.25) is 14.5 Å². The van der Waals surface area contributed by atoms with E-state index in [-0.39, 0.29) is 17.9 Å². The largest absolute Gasteiger partial charge is 0.463 e. The van der Waals surface area contributed by atoms with Gasteiger partial charge in [0.05, 0.1) is 18.3 Å². The normalized spacial score (nSPS) is 22.1. The van der Waals surface area contributed by atoms with E-state index in [0.717, 1.165) is 48.0 Å². The zero-order valence-corrected chi connectivity index (χ0v) is 19.1. The van der Waals surface area contributed by atoms with Crippen LogP contribution in [-0.2, 0) is 11.3 Å². The molecule has 2 aromatic heterocycles. The first-order valence-corrected chi connectivity index (χ1v) is 11.7. The van der Waals surface area contributed by atoms with Crippen molar-refractivity contribution in [1.82, 2.24) is 9.88 Å². The minimum atomic E-state index is -1.06. The molecule has 0 bridgehead atoms. The molecule has 1 saturated carbocycles. The van der Waals surface area contributed by atoms with Crippen LogP contribution < -0.4 is 10.2 Å². The van der Waals surface area contributed by atoms with Gasteiger partial charge in [-0.25, -0.2) is 0 Å². The van der Waals surface area contributed by atoms with Crippen molar-refractivity contribution in [2.75, 3.05) is 4.90 Å². The van der Waals surface area contributed by atoms with Crippen LogP contribution in [0.1, 0.15) is 67.1 Å². The number of aromatic nitrogens is 1. The number of nitrogens with one attached hydrogen (secondary N) is 1. The van der Waals surface area contributed by atoms with Crippen molar-refractivity contribution in [3.8, 4) is 0 Å². The third-order valence-corrected chi connectivity index (χ3v) is 7.19. The third-order valence-electron chi connectivity index (χ3n) is 7.19. The topological polar surface area (TPSA) is 67.5 Å². The molecule has 1 aliphatic carbocycles. The van der Waals surface area contributed by atoms with Crippen LogP contribution >= 0.6 is 0 Å². The van der Waals surface area contributed by atoms with Gasteiger partial charge in [0.2, 0.25) is 5.91 Å². The minimum absolute atomic E-state index is 0.0883. The maximum absolute atomic E-state index is 13.9. The predicted molar refractivity (Wildman–Crippen MR) is 125 cm³/mol. The van der Waals surface area contributed by atoms with Gasteiger partial charge in [-0.05, 0) is 50.8 Å². The number of hydrogen-bond donors (Lipinski definition) is 1. The molecule has 5 rings (SSSR count). The van der Waals surface area contributed by atoms with Gasteiger partial charge >= 0.3 is 0 Å². The SMILES string of the molecule is Cc1ccc(C)c(N2C(=O)c3cc4occc4n3CC2(C)C(=O)NC2CCCCCC2)c1. The van der Waals surface area contributed by atoms with Crippen LogP contribution in [0.5, 0.6) is 0 Å². The summed E-state index contributed by atoms with van der Waals surface area (Å²) in [5.74, 6) is -0.260.